The van der Waals surface area contributed by atoms with E-state index >= 15 is 0 Å². The van der Waals surface area contributed by atoms with E-state index in [1.165, 1.54) is 7.11 Å². The minimum atomic E-state index is -0.732. The van der Waals surface area contributed by atoms with Crippen molar-refractivity contribution in [1.29, 1.82) is 0 Å². The van der Waals surface area contributed by atoms with Gasteiger partial charge in [-0.25, -0.2) is 13.5 Å². The highest BCUT2D eigenvalue weighted by Gasteiger charge is 2.21. The number of aromatic nitrogens is 2. The van der Waals surface area contributed by atoms with Crippen molar-refractivity contribution in [2.45, 2.75) is 0 Å². The first-order valence-electron chi connectivity index (χ1n) is 6.87. The maximum Gasteiger partial charge on any atom is 0.178 e. The molecule has 122 valence electrons. The number of methoxy groups -OCH3 is 1. The van der Waals surface area contributed by atoms with Crippen LogP contribution in [0.15, 0.2) is 47.6 Å². The molecule has 3 aromatic rings. The van der Waals surface area contributed by atoms with Gasteiger partial charge in [-0.2, -0.15) is 5.10 Å². The van der Waals surface area contributed by atoms with Gasteiger partial charge in [-0.05, 0) is 41.6 Å². The summed E-state index contributed by atoms with van der Waals surface area (Å²) < 4.78 is 33.4. The molecule has 8 heteroatoms. The van der Waals surface area contributed by atoms with Gasteiger partial charge in [-0.15, -0.1) is 4.91 Å². The molecule has 0 fully saturated rings. The van der Waals surface area contributed by atoms with Crippen LogP contribution in [0.3, 0.4) is 0 Å². The zero-order valence-electron chi connectivity index (χ0n) is 12.5. The topological polar surface area (TPSA) is 82.5 Å². The summed E-state index contributed by atoms with van der Waals surface area (Å²) in [6.07, 6.45) is 0. The first-order valence-corrected chi connectivity index (χ1v) is 6.87. The second-order valence-electron chi connectivity index (χ2n) is 4.91. The van der Waals surface area contributed by atoms with Crippen molar-refractivity contribution in [3.8, 4) is 22.7 Å². The van der Waals surface area contributed by atoms with E-state index in [-0.39, 0.29) is 22.9 Å². The van der Waals surface area contributed by atoms with Crippen LogP contribution in [0.2, 0.25) is 0 Å². The average molecular weight is 330 g/mol. The van der Waals surface area contributed by atoms with Gasteiger partial charge >= 0.3 is 0 Å². The molecule has 0 amide bonds. The Morgan fingerprint density at radius 2 is 1.88 bits per heavy atom. The van der Waals surface area contributed by atoms with Crippen molar-refractivity contribution in [2.24, 2.45) is 5.18 Å². The van der Waals surface area contributed by atoms with Crippen LogP contribution in [0.5, 0.6) is 5.75 Å². The molecule has 0 spiro atoms. The Kier molecular flexibility index (Phi) is 3.95. The summed E-state index contributed by atoms with van der Waals surface area (Å²) in [5.74, 6) is -0.958. The zero-order valence-corrected chi connectivity index (χ0v) is 12.5. The number of nitrogens with zero attached hydrogens (tertiary/aromatic N) is 3. The van der Waals surface area contributed by atoms with Gasteiger partial charge in [0.05, 0.1) is 7.11 Å². The summed E-state index contributed by atoms with van der Waals surface area (Å²) >= 11 is 0. The maximum atomic E-state index is 14.0. The average Bonchev–Trinajstić information content (AvgIpc) is 2.93. The molecule has 0 aliphatic heterocycles. The molecule has 1 heterocycles. The quantitative estimate of drug-likeness (QED) is 0.738. The van der Waals surface area contributed by atoms with Gasteiger partial charge in [-0.3, -0.25) is 0 Å². The van der Waals surface area contributed by atoms with Crippen LogP contribution in [-0.4, -0.2) is 16.9 Å². The third-order valence-corrected chi connectivity index (χ3v) is 3.49. The van der Waals surface area contributed by atoms with Crippen LogP contribution in [0.25, 0.3) is 16.9 Å². The van der Waals surface area contributed by atoms with Crippen molar-refractivity contribution in [1.82, 2.24) is 9.78 Å². The van der Waals surface area contributed by atoms with Crippen molar-refractivity contribution >= 4 is 11.5 Å². The molecule has 0 atom stereocenters. The minimum absolute atomic E-state index is 0.149. The van der Waals surface area contributed by atoms with Gasteiger partial charge in [0.1, 0.15) is 28.8 Å². The molecule has 0 saturated carbocycles. The first kappa shape index (κ1) is 15.6. The standard InChI is InChI=1S/C16H12F2N4O2/c1-24-11-5-2-9(3-6-11)14-15(21-23)16(19)22(20-14)13-8-10(17)4-7-12(13)18/h2-8H,19H2,1H3. The van der Waals surface area contributed by atoms with Gasteiger partial charge in [0, 0.05) is 11.6 Å². The van der Waals surface area contributed by atoms with Crippen molar-refractivity contribution in [3.05, 3.63) is 59.0 Å². The Morgan fingerprint density at radius 1 is 1.17 bits per heavy atom. The van der Waals surface area contributed by atoms with E-state index in [2.05, 4.69) is 10.3 Å². The Bertz CT molecular complexity index is 907. The second kappa shape index (κ2) is 6.07. The number of rotatable bonds is 4. The van der Waals surface area contributed by atoms with Crippen LogP contribution in [0.4, 0.5) is 20.3 Å². The van der Waals surface area contributed by atoms with E-state index < -0.39 is 11.6 Å². The number of hydrogen-bond donors (Lipinski definition) is 1. The van der Waals surface area contributed by atoms with Gasteiger partial charge in [0.25, 0.3) is 0 Å². The van der Waals surface area contributed by atoms with Gasteiger partial charge in [0.2, 0.25) is 0 Å². The number of nitrogens with two attached hydrogens (primary N) is 1. The Balaban J connectivity index is 2.18. The third kappa shape index (κ3) is 2.58. The van der Waals surface area contributed by atoms with Crippen molar-refractivity contribution in [3.63, 3.8) is 0 Å². The van der Waals surface area contributed by atoms with Crippen LogP contribution in [0, 0.1) is 16.5 Å². The third-order valence-electron chi connectivity index (χ3n) is 3.49. The molecule has 0 saturated heterocycles. The van der Waals surface area contributed by atoms with E-state index in [1.54, 1.807) is 24.3 Å². The predicted molar refractivity (Wildman–Crippen MR) is 85.3 cm³/mol. The van der Waals surface area contributed by atoms with Gasteiger partial charge in [-0.1, -0.05) is 0 Å². The van der Waals surface area contributed by atoms with Gasteiger partial charge < -0.3 is 10.5 Å². The number of halogens is 2. The summed E-state index contributed by atoms with van der Waals surface area (Å²) in [5.41, 5.74) is 6.19. The number of nitroso groups, excluding NO2 is 1. The summed E-state index contributed by atoms with van der Waals surface area (Å²) in [6, 6.07) is 9.51. The van der Waals surface area contributed by atoms with E-state index in [4.69, 9.17) is 10.5 Å². The highest BCUT2D eigenvalue weighted by atomic mass is 19.1. The largest absolute Gasteiger partial charge is 0.497 e. The SMILES string of the molecule is COc1ccc(-c2nn(-c3cc(F)ccc3F)c(N)c2N=O)cc1. The maximum absolute atomic E-state index is 14.0. The van der Waals surface area contributed by atoms with Crippen LogP contribution in [-0.2, 0) is 0 Å². The fourth-order valence-corrected chi connectivity index (χ4v) is 2.29. The number of anilines is 1. The molecule has 3 rings (SSSR count). The van der Waals surface area contributed by atoms with Gasteiger partial charge in [0.15, 0.2) is 11.5 Å². The van der Waals surface area contributed by atoms with Crippen LogP contribution >= 0.6 is 0 Å². The fourth-order valence-electron chi connectivity index (χ4n) is 2.29. The summed E-state index contributed by atoms with van der Waals surface area (Å²) in [6.45, 7) is 0. The van der Waals surface area contributed by atoms with Crippen LogP contribution in [0.1, 0.15) is 0 Å². The predicted octanol–water partition coefficient (Wildman–Crippen LogP) is 3.81. The molecule has 2 aromatic carbocycles. The Hall–Kier alpha value is -3.29. The van der Waals surface area contributed by atoms with E-state index in [0.29, 0.717) is 11.3 Å². The lowest BCUT2D eigenvalue weighted by atomic mass is 10.1. The second-order valence-corrected chi connectivity index (χ2v) is 4.91. The summed E-state index contributed by atoms with van der Waals surface area (Å²) in [7, 11) is 1.52. The summed E-state index contributed by atoms with van der Waals surface area (Å²) in [4.78, 5) is 11.2. The summed E-state index contributed by atoms with van der Waals surface area (Å²) in [5, 5.41) is 7.01. The number of nitrogen functional groups attached to an aromatic ring is 1. The van der Waals surface area contributed by atoms with E-state index in [9.17, 15) is 13.7 Å². The molecule has 0 aliphatic carbocycles. The lowest BCUT2D eigenvalue weighted by molar-refractivity contribution is 0.415. The van der Waals surface area contributed by atoms with Crippen molar-refractivity contribution in [2.75, 3.05) is 12.8 Å². The molecule has 0 aliphatic rings. The highest BCUT2D eigenvalue weighted by Crippen LogP contribution is 2.37. The van der Waals surface area contributed by atoms with Crippen LogP contribution < -0.4 is 10.5 Å². The fraction of sp³-hybridized carbons (Fsp3) is 0.0625. The molecule has 2 N–H and O–H groups in total. The lowest BCUT2D eigenvalue weighted by Gasteiger charge is -2.05. The molecular formula is C16H12F2N4O2. The zero-order chi connectivity index (χ0) is 17.3. The number of benzene rings is 2. The number of ether oxygens (including phenoxy) is 1. The highest BCUT2D eigenvalue weighted by molar-refractivity contribution is 5.81. The molecular weight excluding hydrogens is 318 g/mol. The van der Waals surface area contributed by atoms with E-state index in [1.807, 2.05) is 0 Å². The van der Waals surface area contributed by atoms with E-state index in [0.717, 1.165) is 22.9 Å². The smallest absolute Gasteiger partial charge is 0.178 e. The number of hydrogen-bond acceptors (Lipinski definition) is 5. The molecule has 0 unspecified atom stereocenters. The molecule has 6 nitrogen and oxygen atoms in total. The monoisotopic (exact) mass is 330 g/mol. The Labute approximate surface area is 135 Å². The molecule has 1 aromatic heterocycles. The Morgan fingerprint density at radius 3 is 2.50 bits per heavy atom. The minimum Gasteiger partial charge on any atom is -0.497 e. The molecule has 24 heavy (non-hydrogen) atoms. The first-order chi connectivity index (χ1) is 11.5. The molecule has 0 radical (unpaired) electrons. The molecule has 0 bridgehead atoms. The normalized spacial score (nSPS) is 10.6. The lowest BCUT2D eigenvalue weighted by Crippen LogP contribution is -2.04. The van der Waals surface area contributed by atoms with Crippen molar-refractivity contribution < 1.29 is 13.5 Å².